The Kier molecular flexibility index (Phi) is 6.70. The van der Waals surface area contributed by atoms with E-state index in [4.69, 9.17) is 11.6 Å². The zero-order chi connectivity index (χ0) is 19.2. The Morgan fingerprint density at radius 3 is 2.46 bits per heavy atom. The summed E-state index contributed by atoms with van der Waals surface area (Å²) in [5, 5.41) is 13.5. The van der Waals surface area contributed by atoms with Gasteiger partial charge in [-0.1, -0.05) is 29.8 Å². The Balaban J connectivity index is 1.79. The fourth-order valence-electron chi connectivity index (χ4n) is 2.22. The van der Waals surface area contributed by atoms with Gasteiger partial charge in [0.1, 0.15) is 0 Å². The number of nitro groups is 1. The summed E-state index contributed by atoms with van der Waals surface area (Å²) >= 11 is 5.79. The molecule has 0 atom stereocenters. The predicted octanol–water partition coefficient (Wildman–Crippen LogP) is 2.77. The highest BCUT2D eigenvalue weighted by Gasteiger charge is 2.16. The van der Waals surface area contributed by atoms with Crippen molar-refractivity contribution in [3.05, 3.63) is 69.2 Å². The smallest absolute Gasteiger partial charge is 0.269 e. The van der Waals surface area contributed by atoms with Crippen LogP contribution in [0.5, 0.6) is 0 Å². The molecule has 0 aliphatic carbocycles. The summed E-state index contributed by atoms with van der Waals surface area (Å²) in [6, 6.07) is 11.9. The molecule has 0 aliphatic rings. The van der Waals surface area contributed by atoms with Gasteiger partial charge in [-0.05, 0) is 30.2 Å². The molecule has 0 unspecified atom stereocenters. The van der Waals surface area contributed by atoms with Crippen molar-refractivity contribution < 1.29 is 18.1 Å². The highest BCUT2D eigenvalue weighted by molar-refractivity contribution is 7.91. The van der Waals surface area contributed by atoms with Gasteiger partial charge in [0.15, 0.2) is 9.84 Å². The molecule has 26 heavy (non-hydrogen) atoms. The van der Waals surface area contributed by atoms with Gasteiger partial charge in [-0.25, -0.2) is 8.42 Å². The summed E-state index contributed by atoms with van der Waals surface area (Å²) in [6.45, 7) is 0.313. The van der Waals surface area contributed by atoms with E-state index in [0.717, 1.165) is 5.56 Å². The number of non-ortho nitro benzene ring substituents is 1. The first-order valence-corrected chi connectivity index (χ1v) is 9.79. The third kappa shape index (κ3) is 5.82. The first-order chi connectivity index (χ1) is 12.3. The Morgan fingerprint density at radius 1 is 1.15 bits per heavy atom. The molecule has 9 heteroatoms. The van der Waals surface area contributed by atoms with Gasteiger partial charge in [-0.15, -0.1) is 0 Å². The van der Waals surface area contributed by atoms with E-state index >= 15 is 0 Å². The molecule has 0 heterocycles. The van der Waals surface area contributed by atoms with E-state index in [-0.39, 0.29) is 28.7 Å². The number of benzene rings is 2. The number of nitrogens with one attached hydrogen (secondary N) is 1. The second-order valence-electron chi connectivity index (χ2n) is 5.55. The van der Waals surface area contributed by atoms with Crippen molar-refractivity contribution in [1.82, 2.24) is 5.32 Å². The summed E-state index contributed by atoms with van der Waals surface area (Å²) < 4.78 is 24.4. The van der Waals surface area contributed by atoms with Crippen molar-refractivity contribution in [2.75, 3.05) is 12.3 Å². The lowest BCUT2D eigenvalue weighted by Crippen LogP contribution is -2.27. The maximum atomic E-state index is 12.2. The molecule has 0 fully saturated rings. The molecule has 0 aromatic heterocycles. The lowest BCUT2D eigenvalue weighted by atomic mass is 10.1. The van der Waals surface area contributed by atoms with Gasteiger partial charge < -0.3 is 5.32 Å². The van der Waals surface area contributed by atoms with Crippen LogP contribution >= 0.6 is 11.6 Å². The van der Waals surface area contributed by atoms with E-state index < -0.39 is 14.8 Å². The quantitative estimate of drug-likeness (QED) is 0.545. The average Bonchev–Trinajstić information content (AvgIpc) is 2.60. The number of nitrogens with zero attached hydrogens (tertiary/aromatic N) is 1. The highest BCUT2D eigenvalue weighted by Crippen LogP contribution is 2.17. The van der Waals surface area contributed by atoms with Gasteiger partial charge in [0, 0.05) is 30.1 Å². The van der Waals surface area contributed by atoms with E-state index in [1.807, 2.05) is 0 Å². The summed E-state index contributed by atoms with van der Waals surface area (Å²) in [5.74, 6) is -0.686. The number of halogens is 1. The number of carbonyl (C=O) groups is 1. The van der Waals surface area contributed by atoms with Crippen LogP contribution in [0.15, 0.2) is 53.4 Å². The van der Waals surface area contributed by atoms with Crippen LogP contribution in [0.4, 0.5) is 5.69 Å². The van der Waals surface area contributed by atoms with Crippen LogP contribution in [0.1, 0.15) is 12.0 Å². The maximum Gasteiger partial charge on any atom is 0.269 e. The zero-order valence-corrected chi connectivity index (χ0v) is 15.3. The van der Waals surface area contributed by atoms with Crippen LogP contribution in [0.25, 0.3) is 0 Å². The fraction of sp³-hybridized carbons (Fsp3) is 0.235. The third-order valence-electron chi connectivity index (χ3n) is 3.64. The minimum absolute atomic E-state index is 0.00371. The molecule has 1 amide bonds. The van der Waals surface area contributed by atoms with E-state index in [2.05, 4.69) is 5.32 Å². The number of sulfone groups is 1. The number of nitro benzene ring substituents is 1. The van der Waals surface area contributed by atoms with E-state index in [1.54, 1.807) is 24.3 Å². The molecule has 0 spiro atoms. The summed E-state index contributed by atoms with van der Waals surface area (Å²) in [4.78, 5) is 22.0. The number of carbonyl (C=O) groups excluding carboxylic acids is 1. The molecule has 2 aromatic carbocycles. The fourth-order valence-corrected chi connectivity index (χ4v) is 3.76. The maximum absolute atomic E-state index is 12.2. The minimum atomic E-state index is -3.58. The van der Waals surface area contributed by atoms with Crippen molar-refractivity contribution >= 4 is 33.0 Å². The number of amides is 1. The van der Waals surface area contributed by atoms with Gasteiger partial charge in [-0.3, -0.25) is 14.9 Å². The van der Waals surface area contributed by atoms with Gasteiger partial charge in [0.05, 0.1) is 15.6 Å². The number of hydrogen-bond donors (Lipinski definition) is 1. The molecule has 0 saturated heterocycles. The normalized spacial score (nSPS) is 11.1. The molecular weight excluding hydrogens is 380 g/mol. The second-order valence-corrected chi connectivity index (χ2v) is 8.10. The molecule has 1 N–H and O–H groups in total. The Labute approximate surface area is 156 Å². The van der Waals surface area contributed by atoms with Crippen molar-refractivity contribution in [1.29, 1.82) is 0 Å². The van der Waals surface area contributed by atoms with E-state index in [1.165, 1.54) is 24.3 Å². The first-order valence-electron chi connectivity index (χ1n) is 7.76. The Morgan fingerprint density at radius 2 is 1.85 bits per heavy atom. The van der Waals surface area contributed by atoms with E-state index in [0.29, 0.717) is 18.0 Å². The molecule has 0 radical (unpaired) electrons. The largest absolute Gasteiger partial charge is 0.356 e. The standard InChI is InChI=1S/C17H17ClN2O5S/c18-14-2-1-3-16(12-14)26(24,25)11-9-17(21)19-10-8-13-4-6-15(7-5-13)20(22)23/h1-7,12H,8-11H2,(H,19,21). The van der Waals surface area contributed by atoms with E-state index in [9.17, 15) is 23.3 Å². The SMILES string of the molecule is O=C(CCS(=O)(=O)c1cccc(Cl)c1)NCCc1ccc([N+](=O)[O-])cc1. The van der Waals surface area contributed by atoms with Crippen molar-refractivity contribution in [2.45, 2.75) is 17.7 Å². The molecule has 2 rings (SSSR count). The summed E-state index contributed by atoms with van der Waals surface area (Å²) in [5.41, 5.74) is 0.839. The third-order valence-corrected chi connectivity index (χ3v) is 5.58. The molecule has 0 aliphatic heterocycles. The molecule has 0 bridgehead atoms. The number of rotatable bonds is 8. The van der Waals surface area contributed by atoms with Crippen LogP contribution in [-0.2, 0) is 21.1 Å². The van der Waals surface area contributed by atoms with Crippen LogP contribution in [0.3, 0.4) is 0 Å². The Bertz CT molecular complexity index is 898. The molecule has 0 saturated carbocycles. The summed E-state index contributed by atoms with van der Waals surface area (Å²) in [7, 11) is -3.58. The predicted molar refractivity (Wildman–Crippen MR) is 97.9 cm³/mol. The molecular formula is C17H17ClN2O5S. The van der Waals surface area contributed by atoms with Crippen LogP contribution in [0.2, 0.25) is 5.02 Å². The monoisotopic (exact) mass is 396 g/mol. The lowest BCUT2D eigenvalue weighted by molar-refractivity contribution is -0.384. The molecule has 138 valence electrons. The van der Waals surface area contributed by atoms with Crippen molar-refractivity contribution in [3.63, 3.8) is 0 Å². The minimum Gasteiger partial charge on any atom is -0.356 e. The number of hydrogen-bond acceptors (Lipinski definition) is 5. The van der Waals surface area contributed by atoms with Gasteiger partial charge in [0.2, 0.25) is 5.91 Å². The highest BCUT2D eigenvalue weighted by atomic mass is 35.5. The van der Waals surface area contributed by atoms with Gasteiger partial charge in [-0.2, -0.15) is 0 Å². The van der Waals surface area contributed by atoms with Crippen molar-refractivity contribution in [2.24, 2.45) is 0 Å². The average molecular weight is 397 g/mol. The lowest BCUT2D eigenvalue weighted by Gasteiger charge is -2.07. The topological polar surface area (TPSA) is 106 Å². The van der Waals surface area contributed by atoms with Gasteiger partial charge >= 0.3 is 0 Å². The molecule has 7 nitrogen and oxygen atoms in total. The summed E-state index contributed by atoms with van der Waals surface area (Å²) in [6.07, 6.45) is 0.333. The van der Waals surface area contributed by atoms with Crippen LogP contribution in [0, 0.1) is 10.1 Å². The second kappa shape index (κ2) is 8.77. The van der Waals surface area contributed by atoms with Gasteiger partial charge in [0.25, 0.3) is 5.69 Å². The Hall–Kier alpha value is -2.45. The molecule has 2 aromatic rings. The zero-order valence-electron chi connectivity index (χ0n) is 13.7. The van der Waals surface area contributed by atoms with Crippen molar-refractivity contribution in [3.8, 4) is 0 Å². The first kappa shape index (κ1) is 19.9. The van der Waals surface area contributed by atoms with Crippen LogP contribution in [-0.4, -0.2) is 31.5 Å². The van der Waals surface area contributed by atoms with Crippen LogP contribution < -0.4 is 5.32 Å².